The lowest BCUT2D eigenvalue weighted by Crippen LogP contribution is -2.32. The smallest absolute Gasteiger partial charge is 0.336 e. The Kier molecular flexibility index (Phi) is 4.76. The number of carboxylic acid groups (broad SMARTS) is 1. The maximum Gasteiger partial charge on any atom is 0.336 e. The summed E-state index contributed by atoms with van der Waals surface area (Å²) in [7, 11) is 1.80. The van der Waals surface area contributed by atoms with Crippen LogP contribution >= 0.6 is 0 Å². The first kappa shape index (κ1) is 19.0. The van der Waals surface area contributed by atoms with E-state index in [0.717, 1.165) is 11.8 Å². The normalized spacial score (nSPS) is 17.7. The van der Waals surface area contributed by atoms with Crippen molar-refractivity contribution >= 4 is 17.2 Å². The number of halogens is 3. The second-order valence-corrected chi connectivity index (χ2v) is 6.66. The number of para-hydroxylation sites is 1. The molecular weight excluding hydrogens is 383 g/mol. The van der Waals surface area contributed by atoms with Gasteiger partial charge in [0.2, 0.25) is 0 Å². The molecule has 0 amide bonds. The molecule has 0 bridgehead atoms. The summed E-state index contributed by atoms with van der Waals surface area (Å²) < 4.78 is 47.1. The van der Waals surface area contributed by atoms with E-state index in [2.05, 4.69) is 0 Å². The van der Waals surface area contributed by atoms with Gasteiger partial charge in [-0.1, -0.05) is 30.4 Å². The average molecular weight is 399 g/mol. The first-order valence-electron chi connectivity index (χ1n) is 8.83. The van der Waals surface area contributed by atoms with Gasteiger partial charge in [0.15, 0.2) is 11.6 Å². The minimum atomic E-state index is -1.32. The number of likely N-dealkylation sites (N-methyl/N-ethyl adjacent to an activating group) is 1. The van der Waals surface area contributed by atoms with Gasteiger partial charge in [0, 0.05) is 29.6 Å². The van der Waals surface area contributed by atoms with Gasteiger partial charge in [-0.2, -0.15) is 0 Å². The maximum atomic E-state index is 14.0. The van der Waals surface area contributed by atoms with Crippen LogP contribution in [0.1, 0.15) is 11.1 Å². The zero-order valence-electron chi connectivity index (χ0n) is 15.3. The van der Waals surface area contributed by atoms with E-state index in [1.54, 1.807) is 37.4 Å². The van der Waals surface area contributed by atoms with Gasteiger partial charge in [-0.25, -0.2) is 18.0 Å². The number of carboxylic acids is 1. The van der Waals surface area contributed by atoms with Gasteiger partial charge in [-0.05, 0) is 24.3 Å². The Morgan fingerprint density at radius 1 is 1.14 bits per heavy atom. The largest absolute Gasteiger partial charge is 0.478 e. The van der Waals surface area contributed by atoms with Crippen LogP contribution in [-0.2, 0) is 16.1 Å². The molecule has 4 rings (SSSR count). The number of aliphatic carboxylic acids is 1. The zero-order valence-corrected chi connectivity index (χ0v) is 15.3. The fourth-order valence-electron chi connectivity index (χ4n) is 3.64. The third-order valence-electron chi connectivity index (χ3n) is 5.03. The number of ether oxygens (including phenoxy) is 1. The second kappa shape index (κ2) is 7.25. The topological polar surface area (TPSA) is 49.8 Å². The van der Waals surface area contributed by atoms with Gasteiger partial charge in [-0.3, -0.25) is 0 Å². The van der Waals surface area contributed by atoms with Crippen molar-refractivity contribution in [3.63, 3.8) is 0 Å². The fourth-order valence-corrected chi connectivity index (χ4v) is 3.64. The summed E-state index contributed by atoms with van der Waals surface area (Å²) in [6, 6.07) is 8.57. The highest BCUT2D eigenvalue weighted by molar-refractivity contribution is 6.20. The molecule has 1 unspecified atom stereocenters. The van der Waals surface area contributed by atoms with Gasteiger partial charge < -0.3 is 14.7 Å². The number of fused-ring (bicyclic) bond motifs is 2. The van der Waals surface area contributed by atoms with Crippen molar-refractivity contribution in [2.45, 2.75) is 12.7 Å². The highest BCUT2D eigenvalue weighted by Gasteiger charge is 2.35. The summed E-state index contributed by atoms with van der Waals surface area (Å²) in [5.74, 6) is -4.57. The third-order valence-corrected chi connectivity index (χ3v) is 5.03. The molecule has 0 saturated heterocycles. The molecule has 148 valence electrons. The Morgan fingerprint density at radius 2 is 1.86 bits per heavy atom. The van der Waals surface area contributed by atoms with Crippen LogP contribution in [0, 0.1) is 17.5 Å². The van der Waals surface area contributed by atoms with Crippen molar-refractivity contribution in [3.8, 4) is 0 Å². The Morgan fingerprint density at radius 3 is 2.62 bits per heavy atom. The molecular formula is C22H16F3NO3. The van der Waals surface area contributed by atoms with Crippen molar-refractivity contribution in [1.29, 1.82) is 0 Å². The summed E-state index contributed by atoms with van der Waals surface area (Å²) in [6.45, 7) is -0.556. The molecule has 29 heavy (non-hydrogen) atoms. The first-order valence-corrected chi connectivity index (χ1v) is 8.83. The van der Waals surface area contributed by atoms with Crippen LogP contribution in [0.5, 0.6) is 0 Å². The van der Waals surface area contributed by atoms with Crippen molar-refractivity contribution in [2.75, 3.05) is 11.9 Å². The number of hydrogen-bond acceptors (Lipinski definition) is 3. The number of hydrogen-bond donors (Lipinski definition) is 1. The van der Waals surface area contributed by atoms with Crippen LogP contribution in [-0.4, -0.2) is 24.2 Å². The number of benzene rings is 2. The summed E-state index contributed by atoms with van der Waals surface area (Å²) in [5.41, 5.74) is 1.72. The minimum Gasteiger partial charge on any atom is -0.478 e. The predicted octanol–water partition coefficient (Wildman–Crippen LogP) is 4.43. The molecule has 1 aliphatic heterocycles. The highest BCUT2D eigenvalue weighted by Crippen LogP contribution is 2.43. The maximum absolute atomic E-state index is 14.0. The van der Waals surface area contributed by atoms with Crippen LogP contribution in [0.3, 0.4) is 0 Å². The molecule has 2 aromatic rings. The van der Waals surface area contributed by atoms with E-state index in [4.69, 9.17) is 4.74 Å². The predicted molar refractivity (Wildman–Crippen MR) is 102 cm³/mol. The average Bonchev–Trinajstić information content (AvgIpc) is 2.71. The summed E-state index contributed by atoms with van der Waals surface area (Å²) >= 11 is 0. The lowest BCUT2D eigenvalue weighted by Gasteiger charge is -2.36. The molecule has 4 nitrogen and oxygen atoms in total. The minimum absolute atomic E-state index is 0.0551. The molecule has 1 atom stereocenters. The molecule has 7 heteroatoms. The third kappa shape index (κ3) is 3.13. The van der Waals surface area contributed by atoms with Gasteiger partial charge in [-0.15, -0.1) is 0 Å². The molecule has 0 saturated carbocycles. The number of allylic oxidation sites excluding steroid dienone is 2. The fraction of sp³-hybridized carbons (Fsp3) is 0.136. The molecule has 1 heterocycles. The van der Waals surface area contributed by atoms with Crippen LogP contribution in [0.4, 0.5) is 18.9 Å². The number of nitrogens with zero attached hydrogens (tertiary/aromatic N) is 1. The standard InChI is InChI=1S/C22H16F3NO3/c1-26-16-6-3-2-5-12(16)19(22(27)28)20-17(26)7-4-8-18(20)29-11-13-14(23)9-10-15(24)21(13)25/h2-10,18H,11H2,1H3,(H,27,28). The van der Waals surface area contributed by atoms with E-state index < -0.39 is 41.7 Å². The Hall–Kier alpha value is -3.32. The highest BCUT2D eigenvalue weighted by atomic mass is 19.2. The van der Waals surface area contributed by atoms with E-state index in [1.165, 1.54) is 0 Å². The first-order chi connectivity index (χ1) is 13.9. The zero-order chi connectivity index (χ0) is 20.7. The van der Waals surface area contributed by atoms with Crippen LogP contribution < -0.4 is 4.90 Å². The molecule has 2 aromatic carbocycles. The molecule has 2 aliphatic rings. The molecule has 1 aliphatic carbocycles. The van der Waals surface area contributed by atoms with Crippen LogP contribution in [0.25, 0.3) is 5.57 Å². The summed E-state index contributed by atoms with van der Waals surface area (Å²) in [6.07, 6.45) is 4.15. The number of carbonyl (C=O) groups is 1. The molecule has 1 N–H and O–H groups in total. The van der Waals surface area contributed by atoms with Crippen molar-refractivity contribution in [3.05, 3.63) is 94.5 Å². The molecule has 0 radical (unpaired) electrons. The van der Waals surface area contributed by atoms with E-state index in [0.29, 0.717) is 22.9 Å². The molecule has 0 spiro atoms. The van der Waals surface area contributed by atoms with Crippen molar-refractivity contribution in [1.82, 2.24) is 0 Å². The van der Waals surface area contributed by atoms with E-state index in [-0.39, 0.29) is 5.57 Å². The van der Waals surface area contributed by atoms with Crippen molar-refractivity contribution < 1.29 is 27.8 Å². The summed E-state index contributed by atoms with van der Waals surface area (Å²) in [5, 5.41) is 9.89. The number of anilines is 1. The molecule has 0 fully saturated rings. The summed E-state index contributed by atoms with van der Waals surface area (Å²) in [4.78, 5) is 13.9. The monoisotopic (exact) mass is 399 g/mol. The van der Waals surface area contributed by atoms with Crippen molar-refractivity contribution in [2.24, 2.45) is 0 Å². The molecule has 0 aromatic heterocycles. The van der Waals surface area contributed by atoms with Crippen LogP contribution in [0.2, 0.25) is 0 Å². The SMILES string of the molecule is CN1C2=CC=CC(OCc3c(F)ccc(F)c3F)C2=C(C(=O)O)c2ccccc21. The van der Waals surface area contributed by atoms with Gasteiger partial charge >= 0.3 is 5.97 Å². The number of rotatable bonds is 4. The lowest BCUT2D eigenvalue weighted by atomic mass is 9.86. The van der Waals surface area contributed by atoms with E-state index >= 15 is 0 Å². The van der Waals surface area contributed by atoms with E-state index in [1.807, 2.05) is 17.0 Å². The Balaban J connectivity index is 1.77. The second-order valence-electron chi connectivity index (χ2n) is 6.66. The Labute approximate surface area is 164 Å². The Bertz CT molecular complexity index is 1100. The van der Waals surface area contributed by atoms with E-state index in [9.17, 15) is 23.1 Å². The lowest BCUT2D eigenvalue weighted by molar-refractivity contribution is -0.130. The quantitative estimate of drug-likeness (QED) is 0.773. The van der Waals surface area contributed by atoms with Crippen LogP contribution in [0.15, 0.2) is 65.9 Å². The van der Waals surface area contributed by atoms with Gasteiger partial charge in [0.25, 0.3) is 0 Å². The van der Waals surface area contributed by atoms with Gasteiger partial charge in [0.1, 0.15) is 11.9 Å². The van der Waals surface area contributed by atoms with Gasteiger partial charge in [0.05, 0.1) is 17.7 Å².